The molecule has 0 amide bonds. The van der Waals surface area contributed by atoms with Gasteiger partial charge < -0.3 is 0 Å². The van der Waals surface area contributed by atoms with Crippen LogP contribution in [-0.4, -0.2) is 26.6 Å². The minimum atomic E-state index is 1.30. The van der Waals surface area contributed by atoms with E-state index in [-0.39, 0.29) is 0 Å². The Morgan fingerprint density at radius 3 is 1.47 bits per heavy atom. The van der Waals surface area contributed by atoms with Crippen LogP contribution in [-0.2, 0) is 0 Å². The van der Waals surface area contributed by atoms with Gasteiger partial charge >= 0.3 is 0 Å². The number of hydrogen-bond acceptors (Lipinski definition) is 0. The molecule has 0 aromatic rings. The van der Waals surface area contributed by atoms with Gasteiger partial charge in [0.25, 0.3) is 0 Å². The summed E-state index contributed by atoms with van der Waals surface area (Å²) in [6, 6.07) is 3.06. The van der Waals surface area contributed by atoms with Crippen LogP contribution in [0, 0.1) is 0 Å². The van der Waals surface area contributed by atoms with Crippen molar-refractivity contribution in [1.29, 1.82) is 0 Å². The second-order valence-corrected chi connectivity index (χ2v) is 11.2. The summed E-state index contributed by atoms with van der Waals surface area (Å²) in [6.07, 6.45) is 11.6. The third kappa shape index (κ3) is 14.7. The quantitative estimate of drug-likeness (QED) is 0.366. The van der Waals surface area contributed by atoms with E-state index in [1.54, 1.807) is 0 Å². The van der Waals surface area contributed by atoms with Crippen LogP contribution in [0.2, 0.25) is 12.1 Å². The molecule has 0 bridgehead atoms. The molecule has 0 spiro atoms. The van der Waals surface area contributed by atoms with Crippen LogP contribution in [0.5, 0.6) is 0 Å². The molecular formula is C12H26Si3. The van der Waals surface area contributed by atoms with Gasteiger partial charge in [0.2, 0.25) is 0 Å². The van der Waals surface area contributed by atoms with E-state index in [4.69, 9.17) is 0 Å². The summed E-state index contributed by atoms with van der Waals surface area (Å²) in [4.78, 5) is 0. The van der Waals surface area contributed by atoms with E-state index in [0.717, 1.165) is 0 Å². The third-order valence-electron chi connectivity index (χ3n) is 2.49. The SMILES string of the molecule is CCCCCC[Si][Si][Si]CCCCCC. The van der Waals surface area contributed by atoms with Crippen LogP contribution in [0.4, 0.5) is 0 Å². The second-order valence-electron chi connectivity index (χ2n) is 4.10. The molecule has 0 saturated carbocycles. The van der Waals surface area contributed by atoms with Crippen LogP contribution < -0.4 is 0 Å². The van der Waals surface area contributed by atoms with Crippen molar-refractivity contribution in [3.8, 4) is 0 Å². The second kappa shape index (κ2) is 14.7. The van der Waals surface area contributed by atoms with E-state index >= 15 is 0 Å². The van der Waals surface area contributed by atoms with Gasteiger partial charge in [-0.1, -0.05) is 77.3 Å². The number of hydrogen-bond donors (Lipinski definition) is 0. The molecule has 0 aliphatic rings. The van der Waals surface area contributed by atoms with Gasteiger partial charge in [0, 0.05) is 26.6 Å². The topological polar surface area (TPSA) is 0 Å². The molecule has 0 atom stereocenters. The molecule has 0 saturated heterocycles. The predicted molar refractivity (Wildman–Crippen MR) is 75.2 cm³/mol. The Morgan fingerprint density at radius 1 is 0.600 bits per heavy atom. The molecule has 0 N–H and O–H groups in total. The summed E-state index contributed by atoms with van der Waals surface area (Å²) < 4.78 is 0. The van der Waals surface area contributed by atoms with Gasteiger partial charge in [-0.05, 0) is 0 Å². The zero-order valence-corrected chi connectivity index (χ0v) is 13.6. The molecule has 0 fully saturated rings. The van der Waals surface area contributed by atoms with E-state index in [9.17, 15) is 0 Å². The van der Waals surface area contributed by atoms with Gasteiger partial charge in [0.15, 0.2) is 0 Å². The zero-order chi connectivity index (χ0) is 11.2. The van der Waals surface area contributed by atoms with Crippen LogP contribution in [0.25, 0.3) is 0 Å². The Morgan fingerprint density at radius 2 is 1.07 bits per heavy atom. The van der Waals surface area contributed by atoms with E-state index in [0.29, 0.717) is 0 Å². The smallest absolute Gasteiger partial charge is 0.0183 e. The highest BCUT2D eigenvalue weighted by atomic mass is 29.5. The molecule has 0 aromatic heterocycles. The highest BCUT2D eigenvalue weighted by molar-refractivity contribution is 7.29. The maximum absolute atomic E-state index is 2.29. The fourth-order valence-corrected chi connectivity index (χ4v) is 8.26. The summed E-state index contributed by atoms with van der Waals surface area (Å²) in [6.45, 7) is 4.59. The van der Waals surface area contributed by atoms with Gasteiger partial charge in [-0.2, -0.15) is 0 Å². The molecule has 0 rings (SSSR count). The molecule has 6 radical (unpaired) electrons. The van der Waals surface area contributed by atoms with E-state index < -0.39 is 0 Å². The summed E-state index contributed by atoms with van der Waals surface area (Å²) in [7, 11) is 3.90. The minimum absolute atomic E-state index is 1.30. The fraction of sp³-hybridized carbons (Fsp3) is 1.00. The van der Waals surface area contributed by atoms with Crippen molar-refractivity contribution >= 4 is 26.6 Å². The molecule has 0 nitrogen and oxygen atoms in total. The molecule has 15 heavy (non-hydrogen) atoms. The highest BCUT2D eigenvalue weighted by Crippen LogP contribution is 2.03. The van der Waals surface area contributed by atoms with Crippen LogP contribution in [0.1, 0.15) is 65.2 Å². The molecule has 0 unspecified atom stereocenters. The number of rotatable bonds is 12. The van der Waals surface area contributed by atoms with E-state index in [1.807, 2.05) is 0 Å². The summed E-state index contributed by atoms with van der Waals surface area (Å²) >= 11 is 0. The summed E-state index contributed by atoms with van der Waals surface area (Å²) in [5.41, 5.74) is 0. The van der Waals surface area contributed by atoms with Crippen molar-refractivity contribution in [3.63, 3.8) is 0 Å². The summed E-state index contributed by atoms with van der Waals surface area (Å²) in [5, 5.41) is 0. The van der Waals surface area contributed by atoms with Crippen molar-refractivity contribution in [2.45, 2.75) is 77.3 Å². The maximum Gasteiger partial charge on any atom is 0.0183 e. The Balaban J connectivity index is 2.81. The first-order chi connectivity index (χ1) is 7.41. The van der Waals surface area contributed by atoms with Gasteiger partial charge in [-0.15, -0.1) is 0 Å². The van der Waals surface area contributed by atoms with Gasteiger partial charge in [-0.25, -0.2) is 0 Å². The van der Waals surface area contributed by atoms with E-state index in [1.165, 1.54) is 90.1 Å². The Hall–Kier alpha value is 0.651. The Bertz CT molecular complexity index is 95.0. The monoisotopic (exact) mass is 254 g/mol. The Kier molecular flexibility index (Phi) is 15.3. The average molecular weight is 255 g/mol. The molecule has 0 aliphatic heterocycles. The molecular weight excluding hydrogens is 228 g/mol. The largest absolute Gasteiger partial charge is 0.0654 e. The molecule has 86 valence electrons. The first kappa shape index (κ1) is 15.7. The lowest BCUT2D eigenvalue weighted by molar-refractivity contribution is 0.701. The van der Waals surface area contributed by atoms with Crippen molar-refractivity contribution in [3.05, 3.63) is 0 Å². The zero-order valence-electron chi connectivity index (χ0n) is 10.6. The first-order valence-electron chi connectivity index (χ1n) is 6.62. The minimum Gasteiger partial charge on any atom is -0.0654 e. The van der Waals surface area contributed by atoms with Gasteiger partial charge in [-0.3, -0.25) is 0 Å². The van der Waals surface area contributed by atoms with Crippen molar-refractivity contribution in [2.24, 2.45) is 0 Å². The van der Waals surface area contributed by atoms with Crippen LogP contribution in [0.3, 0.4) is 0 Å². The predicted octanol–water partition coefficient (Wildman–Crippen LogP) is 3.93. The lowest BCUT2D eigenvalue weighted by atomic mass is 10.2. The highest BCUT2D eigenvalue weighted by Gasteiger charge is 1.94. The lowest BCUT2D eigenvalue weighted by Gasteiger charge is -1.99. The first-order valence-corrected chi connectivity index (χ1v) is 12.0. The molecule has 0 aliphatic carbocycles. The van der Waals surface area contributed by atoms with Gasteiger partial charge in [0.05, 0.1) is 0 Å². The molecule has 0 aromatic carbocycles. The lowest BCUT2D eigenvalue weighted by Crippen LogP contribution is -2.11. The van der Waals surface area contributed by atoms with Crippen molar-refractivity contribution < 1.29 is 0 Å². The van der Waals surface area contributed by atoms with Gasteiger partial charge in [0.1, 0.15) is 0 Å². The standard InChI is InChI=1S/C12H26Si3/c1-3-5-7-9-11-13-15-14-12-10-8-6-4-2/h3-12H2,1-2H3. The third-order valence-corrected chi connectivity index (χ3v) is 9.79. The maximum atomic E-state index is 2.29. The van der Waals surface area contributed by atoms with Crippen LogP contribution in [0.15, 0.2) is 0 Å². The summed E-state index contributed by atoms with van der Waals surface area (Å²) in [5.74, 6) is 0. The molecule has 3 heteroatoms. The van der Waals surface area contributed by atoms with Crippen molar-refractivity contribution in [1.82, 2.24) is 0 Å². The van der Waals surface area contributed by atoms with Crippen LogP contribution >= 0.6 is 0 Å². The number of unbranched alkanes of at least 4 members (excludes halogenated alkanes) is 6. The van der Waals surface area contributed by atoms with E-state index in [2.05, 4.69) is 13.8 Å². The fourth-order valence-electron chi connectivity index (χ4n) is 1.47. The Labute approximate surface area is 104 Å². The normalized spacial score (nSPS) is 10.8. The van der Waals surface area contributed by atoms with Crippen molar-refractivity contribution in [2.75, 3.05) is 0 Å². The molecule has 0 heterocycles. The average Bonchev–Trinajstić information content (AvgIpc) is 2.26.